The van der Waals surface area contributed by atoms with Crippen LogP contribution in [0.3, 0.4) is 0 Å². The van der Waals surface area contributed by atoms with Gasteiger partial charge in [0.15, 0.2) is 6.20 Å². The van der Waals surface area contributed by atoms with Gasteiger partial charge in [-0.25, -0.2) is 0 Å². The van der Waals surface area contributed by atoms with Gasteiger partial charge in [0.2, 0.25) is 5.52 Å². The van der Waals surface area contributed by atoms with E-state index in [1.807, 2.05) is 0 Å². The van der Waals surface area contributed by atoms with Crippen LogP contribution < -0.4 is 9.88 Å². The van der Waals surface area contributed by atoms with Crippen molar-refractivity contribution in [1.29, 1.82) is 0 Å². The second-order valence-corrected chi connectivity index (χ2v) is 6.34. The smallest absolute Gasteiger partial charge is 0.212 e. The number of nitrogens with zero attached hydrogens (tertiary/aromatic N) is 1. The van der Waals surface area contributed by atoms with E-state index in [0.29, 0.717) is 0 Å². The van der Waals surface area contributed by atoms with Crippen molar-refractivity contribution in [3.8, 4) is 0 Å². The van der Waals surface area contributed by atoms with Gasteiger partial charge in [-0.05, 0) is 43.5 Å². The van der Waals surface area contributed by atoms with Crippen LogP contribution in [-0.4, -0.2) is 6.54 Å². The molecular weight excluding hydrogens is 304 g/mol. The summed E-state index contributed by atoms with van der Waals surface area (Å²) >= 11 is 0. The Kier molecular flexibility index (Phi) is 6.22. The van der Waals surface area contributed by atoms with Crippen molar-refractivity contribution in [2.75, 3.05) is 11.9 Å². The standard InChI is InChI=1S/C23H27N2/c1-2-11-20-12-4-6-15-22(20)24-17-8-3-9-18-25-19-10-14-21-13-5-7-16-23(21)25/h2,4-7,10-16,19,24H,3,8-9,17-18H2,1H3/q+1/b11-2-. The van der Waals surface area contributed by atoms with Gasteiger partial charge in [-0.3, -0.25) is 0 Å². The number of anilines is 1. The third-order valence-corrected chi connectivity index (χ3v) is 4.49. The van der Waals surface area contributed by atoms with E-state index in [1.54, 1.807) is 0 Å². The van der Waals surface area contributed by atoms with Crippen LogP contribution in [0.2, 0.25) is 0 Å². The van der Waals surface area contributed by atoms with E-state index in [0.717, 1.165) is 13.1 Å². The Bertz CT molecular complexity index is 831. The van der Waals surface area contributed by atoms with Gasteiger partial charge in [-0.15, -0.1) is 0 Å². The quantitative estimate of drug-likeness (QED) is 0.429. The van der Waals surface area contributed by atoms with Gasteiger partial charge in [0, 0.05) is 36.2 Å². The first-order valence-electron chi connectivity index (χ1n) is 9.21. The molecule has 0 unspecified atom stereocenters. The minimum absolute atomic E-state index is 1.02. The fraction of sp³-hybridized carbons (Fsp3) is 0.261. The zero-order chi connectivity index (χ0) is 17.3. The molecule has 25 heavy (non-hydrogen) atoms. The lowest BCUT2D eigenvalue weighted by Gasteiger charge is -2.09. The molecule has 0 bridgehead atoms. The van der Waals surface area contributed by atoms with Crippen LogP contribution in [0.25, 0.3) is 17.0 Å². The Hall–Kier alpha value is -2.61. The molecule has 1 aromatic heterocycles. The van der Waals surface area contributed by atoms with Crippen LogP contribution in [0.5, 0.6) is 0 Å². The van der Waals surface area contributed by atoms with Crippen LogP contribution >= 0.6 is 0 Å². The number of fused-ring (bicyclic) bond motifs is 1. The molecule has 0 radical (unpaired) electrons. The maximum atomic E-state index is 3.57. The fourth-order valence-electron chi connectivity index (χ4n) is 3.21. The second-order valence-electron chi connectivity index (χ2n) is 6.34. The van der Waals surface area contributed by atoms with E-state index in [4.69, 9.17) is 0 Å². The van der Waals surface area contributed by atoms with Crippen LogP contribution in [0, 0.1) is 0 Å². The summed E-state index contributed by atoms with van der Waals surface area (Å²) in [6.45, 7) is 4.16. The fourth-order valence-corrected chi connectivity index (χ4v) is 3.21. The van der Waals surface area contributed by atoms with Crippen LogP contribution in [0.15, 0.2) is 72.9 Å². The van der Waals surface area contributed by atoms with Gasteiger partial charge >= 0.3 is 0 Å². The van der Waals surface area contributed by atoms with Gasteiger partial charge < -0.3 is 5.32 Å². The second kappa shape index (κ2) is 9.03. The van der Waals surface area contributed by atoms with Crippen molar-refractivity contribution in [3.63, 3.8) is 0 Å². The van der Waals surface area contributed by atoms with Crippen LogP contribution in [0.4, 0.5) is 5.69 Å². The molecule has 3 aromatic rings. The molecule has 0 aliphatic carbocycles. The number of allylic oxidation sites excluding steroid dienone is 1. The number of hydrogen-bond donors (Lipinski definition) is 1. The summed E-state index contributed by atoms with van der Waals surface area (Å²) in [6.07, 6.45) is 10.1. The van der Waals surface area contributed by atoms with Gasteiger partial charge in [0.25, 0.3) is 0 Å². The molecule has 0 atom stereocenters. The maximum absolute atomic E-state index is 3.57. The summed E-state index contributed by atoms with van der Waals surface area (Å²) in [5.74, 6) is 0. The Morgan fingerprint density at radius 3 is 2.60 bits per heavy atom. The minimum atomic E-state index is 1.02. The molecule has 0 spiro atoms. The van der Waals surface area contributed by atoms with Crippen LogP contribution in [0.1, 0.15) is 31.7 Å². The molecule has 128 valence electrons. The summed E-state index contributed by atoms with van der Waals surface area (Å²) < 4.78 is 2.37. The number of para-hydroxylation sites is 2. The van der Waals surface area contributed by atoms with E-state index in [9.17, 15) is 0 Å². The predicted octanol–water partition coefficient (Wildman–Crippen LogP) is 5.44. The van der Waals surface area contributed by atoms with Crippen molar-refractivity contribution in [1.82, 2.24) is 0 Å². The lowest BCUT2D eigenvalue weighted by atomic mass is 10.1. The molecule has 1 N–H and O–H groups in total. The summed E-state index contributed by atoms with van der Waals surface area (Å²) in [5.41, 5.74) is 3.81. The molecule has 0 amide bonds. The van der Waals surface area contributed by atoms with E-state index in [-0.39, 0.29) is 0 Å². The number of nitrogens with one attached hydrogen (secondary N) is 1. The third-order valence-electron chi connectivity index (χ3n) is 4.49. The van der Waals surface area contributed by atoms with Crippen molar-refractivity contribution < 1.29 is 4.57 Å². The maximum Gasteiger partial charge on any atom is 0.212 e. The Balaban J connectivity index is 1.45. The highest BCUT2D eigenvalue weighted by Gasteiger charge is 2.06. The SMILES string of the molecule is C/C=C\c1ccccc1NCCCCC[n+]1cccc2ccccc21. The number of aryl methyl sites for hydroxylation is 1. The number of rotatable bonds is 8. The lowest BCUT2D eigenvalue weighted by Crippen LogP contribution is -2.33. The lowest BCUT2D eigenvalue weighted by molar-refractivity contribution is -0.671. The average Bonchev–Trinajstić information content (AvgIpc) is 2.66. The zero-order valence-electron chi connectivity index (χ0n) is 15.0. The van der Waals surface area contributed by atoms with Gasteiger partial charge in [-0.2, -0.15) is 4.57 Å². The monoisotopic (exact) mass is 331 g/mol. The predicted molar refractivity (Wildman–Crippen MR) is 108 cm³/mol. The molecular formula is C23H27N2+. The van der Waals surface area contributed by atoms with E-state index < -0.39 is 0 Å². The first-order valence-corrected chi connectivity index (χ1v) is 9.21. The van der Waals surface area contributed by atoms with Gasteiger partial charge in [-0.1, -0.05) is 42.5 Å². The molecule has 2 aromatic carbocycles. The number of pyridine rings is 1. The summed E-state index contributed by atoms with van der Waals surface area (Å²) in [7, 11) is 0. The molecule has 0 aliphatic rings. The summed E-state index contributed by atoms with van der Waals surface area (Å²) in [4.78, 5) is 0. The molecule has 0 saturated carbocycles. The largest absolute Gasteiger partial charge is 0.385 e. The average molecular weight is 331 g/mol. The Labute approximate surface area is 150 Å². The number of unbranched alkanes of at least 4 members (excludes halogenated alkanes) is 2. The molecule has 3 rings (SSSR count). The normalized spacial score (nSPS) is 11.2. The summed E-state index contributed by atoms with van der Waals surface area (Å²) in [6, 6.07) is 21.4. The third kappa shape index (κ3) is 4.69. The highest BCUT2D eigenvalue weighted by Crippen LogP contribution is 2.16. The van der Waals surface area contributed by atoms with Crippen molar-refractivity contribution in [3.05, 3.63) is 78.5 Å². The Morgan fingerprint density at radius 1 is 0.880 bits per heavy atom. The first kappa shape index (κ1) is 17.2. The van der Waals surface area contributed by atoms with E-state index in [2.05, 4.69) is 95.8 Å². The molecule has 2 nitrogen and oxygen atoms in total. The van der Waals surface area contributed by atoms with Crippen molar-refractivity contribution in [2.24, 2.45) is 0 Å². The molecule has 0 aliphatic heterocycles. The molecule has 1 heterocycles. The van der Waals surface area contributed by atoms with Crippen molar-refractivity contribution >= 4 is 22.7 Å². The molecule has 2 heteroatoms. The van der Waals surface area contributed by atoms with Gasteiger partial charge in [0.05, 0.1) is 0 Å². The molecule has 0 saturated heterocycles. The van der Waals surface area contributed by atoms with E-state index in [1.165, 1.54) is 41.4 Å². The topological polar surface area (TPSA) is 15.9 Å². The first-order chi connectivity index (χ1) is 12.4. The number of aromatic nitrogens is 1. The highest BCUT2D eigenvalue weighted by molar-refractivity contribution is 5.74. The van der Waals surface area contributed by atoms with E-state index >= 15 is 0 Å². The minimum Gasteiger partial charge on any atom is -0.385 e. The number of benzene rings is 2. The molecule has 0 fully saturated rings. The summed E-state index contributed by atoms with van der Waals surface area (Å²) in [5, 5.41) is 4.88. The van der Waals surface area contributed by atoms with Crippen LogP contribution in [-0.2, 0) is 6.54 Å². The van der Waals surface area contributed by atoms with Gasteiger partial charge in [0.1, 0.15) is 6.54 Å². The number of hydrogen-bond acceptors (Lipinski definition) is 1. The highest BCUT2D eigenvalue weighted by atomic mass is 14.9. The van der Waals surface area contributed by atoms with Crippen molar-refractivity contribution in [2.45, 2.75) is 32.7 Å². The Morgan fingerprint density at radius 2 is 1.68 bits per heavy atom. The zero-order valence-corrected chi connectivity index (χ0v) is 15.0.